The molecule has 6 nitrogen and oxygen atoms in total. The van der Waals surface area contributed by atoms with Crippen LogP contribution in [0.4, 0.5) is 37.8 Å². The SMILES string of the molecule is FC(F)(F)c1ccc(Nc2cncc(-c3c(C(F)(F)F)nc4ccccn34)n2)cn1. The fraction of sp³-hybridized carbons (Fsp3) is 0.111. The molecular formula is C18H10F6N6. The number of aromatic nitrogens is 5. The van der Waals surface area contributed by atoms with Crippen LogP contribution < -0.4 is 5.32 Å². The molecule has 0 aromatic carbocycles. The zero-order chi connectivity index (χ0) is 21.5. The largest absolute Gasteiger partial charge is 0.435 e. The lowest BCUT2D eigenvalue weighted by Crippen LogP contribution is -2.09. The molecule has 4 aromatic heterocycles. The first-order valence-corrected chi connectivity index (χ1v) is 8.30. The van der Waals surface area contributed by atoms with Crippen molar-refractivity contribution in [3.8, 4) is 11.4 Å². The Morgan fingerprint density at radius 1 is 0.833 bits per heavy atom. The standard InChI is InChI=1S/C18H10F6N6/c19-17(20,21)12-5-4-10(7-26-12)27-13-9-25-8-11(28-13)15-16(18(22,23)24)29-14-3-1-2-6-30(14)15/h1-9H,(H,27,28). The van der Waals surface area contributed by atoms with Crippen molar-refractivity contribution in [1.82, 2.24) is 24.3 Å². The van der Waals surface area contributed by atoms with Gasteiger partial charge in [0.2, 0.25) is 0 Å². The van der Waals surface area contributed by atoms with Crippen LogP contribution in [-0.4, -0.2) is 24.3 Å². The molecule has 0 spiro atoms. The number of imidazole rings is 1. The minimum atomic E-state index is -4.73. The van der Waals surface area contributed by atoms with Crippen LogP contribution in [0.25, 0.3) is 17.0 Å². The Kier molecular flexibility index (Phi) is 4.56. The number of alkyl halides is 6. The molecule has 0 aliphatic carbocycles. The van der Waals surface area contributed by atoms with Gasteiger partial charge in [0.15, 0.2) is 5.69 Å². The van der Waals surface area contributed by atoms with Gasteiger partial charge in [-0.15, -0.1) is 0 Å². The molecule has 0 saturated heterocycles. The predicted molar refractivity (Wildman–Crippen MR) is 93.7 cm³/mol. The van der Waals surface area contributed by atoms with E-state index in [2.05, 4.69) is 25.3 Å². The number of rotatable bonds is 3. The summed E-state index contributed by atoms with van der Waals surface area (Å²) in [5.74, 6) is 0.0214. The summed E-state index contributed by atoms with van der Waals surface area (Å²) in [4.78, 5) is 15.0. The number of nitrogens with one attached hydrogen (secondary N) is 1. The molecule has 0 aliphatic rings. The Balaban J connectivity index is 1.73. The van der Waals surface area contributed by atoms with Crippen molar-refractivity contribution in [2.75, 3.05) is 5.32 Å². The summed E-state index contributed by atoms with van der Waals surface area (Å²) in [6, 6.07) is 6.41. The molecule has 0 amide bonds. The molecule has 0 radical (unpaired) electrons. The molecule has 154 valence electrons. The van der Waals surface area contributed by atoms with Gasteiger partial charge in [-0.1, -0.05) is 6.07 Å². The number of hydrogen-bond donors (Lipinski definition) is 1. The van der Waals surface area contributed by atoms with Crippen LogP contribution in [0.5, 0.6) is 0 Å². The first kappa shape index (κ1) is 19.6. The average molecular weight is 424 g/mol. The maximum atomic E-state index is 13.5. The highest BCUT2D eigenvalue weighted by Gasteiger charge is 2.39. The van der Waals surface area contributed by atoms with E-state index in [-0.39, 0.29) is 28.5 Å². The summed E-state index contributed by atoms with van der Waals surface area (Å²) in [5.41, 5.74) is -2.40. The van der Waals surface area contributed by atoms with E-state index in [0.29, 0.717) is 0 Å². The van der Waals surface area contributed by atoms with Crippen LogP contribution in [-0.2, 0) is 12.4 Å². The van der Waals surface area contributed by atoms with Crippen molar-refractivity contribution >= 4 is 17.2 Å². The van der Waals surface area contributed by atoms with Crippen LogP contribution in [0.2, 0.25) is 0 Å². The normalized spacial score (nSPS) is 12.3. The molecule has 4 aromatic rings. The van der Waals surface area contributed by atoms with Crippen molar-refractivity contribution in [3.63, 3.8) is 0 Å². The highest BCUT2D eigenvalue weighted by Crippen LogP contribution is 2.36. The topological polar surface area (TPSA) is 68.0 Å². The average Bonchev–Trinajstić information content (AvgIpc) is 3.08. The van der Waals surface area contributed by atoms with Gasteiger partial charge in [-0.05, 0) is 24.3 Å². The van der Waals surface area contributed by atoms with Crippen LogP contribution in [0.3, 0.4) is 0 Å². The fourth-order valence-corrected chi connectivity index (χ4v) is 2.76. The zero-order valence-corrected chi connectivity index (χ0v) is 14.7. The number of fused-ring (bicyclic) bond motifs is 1. The Morgan fingerprint density at radius 2 is 1.63 bits per heavy atom. The maximum Gasteiger partial charge on any atom is 0.435 e. The maximum absolute atomic E-state index is 13.5. The van der Waals surface area contributed by atoms with E-state index in [1.165, 1.54) is 22.9 Å². The van der Waals surface area contributed by atoms with Gasteiger partial charge in [-0.25, -0.2) is 15.0 Å². The van der Waals surface area contributed by atoms with E-state index in [9.17, 15) is 26.3 Å². The number of pyridine rings is 2. The highest BCUT2D eigenvalue weighted by molar-refractivity contribution is 5.66. The molecule has 4 heterocycles. The molecule has 0 saturated carbocycles. The molecule has 12 heteroatoms. The molecular weight excluding hydrogens is 414 g/mol. The summed E-state index contributed by atoms with van der Waals surface area (Å²) < 4.78 is 79.6. The fourth-order valence-electron chi connectivity index (χ4n) is 2.76. The quantitative estimate of drug-likeness (QED) is 0.471. The van der Waals surface area contributed by atoms with E-state index < -0.39 is 23.7 Å². The van der Waals surface area contributed by atoms with Gasteiger partial charge in [0.1, 0.15) is 28.5 Å². The van der Waals surface area contributed by atoms with Crippen molar-refractivity contribution in [3.05, 3.63) is 66.5 Å². The van der Waals surface area contributed by atoms with Gasteiger partial charge in [0.05, 0.1) is 24.3 Å². The van der Waals surface area contributed by atoms with Crippen LogP contribution in [0, 0.1) is 0 Å². The van der Waals surface area contributed by atoms with E-state index in [1.807, 2.05) is 0 Å². The lowest BCUT2D eigenvalue weighted by Gasteiger charge is -2.10. The third kappa shape index (κ3) is 3.75. The van der Waals surface area contributed by atoms with Crippen LogP contribution in [0.1, 0.15) is 11.4 Å². The van der Waals surface area contributed by atoms with Crippen molar-refractivity contribution in [2.45, 2.75) is 12.4 Å². The Bertz CT molecular complexity index is 1200. The molecule has 0 bridgehead atoms. The van der Waals surface area contributed by atoms with E-state index in [4.69, 9.17) is 0 Å². The molecule has 0 unspecified atom stereocenters. The number of halogens is 6. The van der Waals surface area contributed by atoms with E-state index in [0.717, 1.165) is 24.5 Å². The lowest BCUT2D eigenvalue weighted by atomic mass is 10.2. The first-order valence-electron chi connectivity index (χ1n) is 8.30. The lowest BCUT2D eigenvalue weighted by molar-refractivity contribution is -0.141. The molecule has 4 rings (SSSR count). The number of anilines is 2. The van der Waals surface area contributed by atoms with Crippen molar-refractivity contribution < 1.29 is 26.3 Å². The van der Waals surface area contributed by atoms with E-state index in [1.54, 1.807) is 12.1 Å². The summed E-state index contributed by atoms with van der Waals surface area (Å²) in [6.45, 7) is 0. The van der Waals surface area contributed by atoms with Gasteiger partial charge in [-0.3, -0.25) is 9.38 Å². The Labute approximate surface area is 164 Å². The van der Waals surface area contributed by atoms with Gasteiger partial charge < -0.3 is 5.32 Å². The second-order valence-corrected chi connectivity index (χ2v) is 6.08. The third-order valence-corrected chi connectivity index (χ3v) is 4.00. The van der Waals surface area contributed by atoms with Crippen molar-refractivity contribution in [2.24, 2.45) is 0 Å². The van der Waals surface area contributed by atoms with Crippen LogP contribution in [0.15, 0.2) is 55.1 Å². The van der Waals surface area contributed by atoms with Crippen molar-refractivity contribution in [1.29, 1.82) is 0 Å². The zero-order valence-electron chi connectivity index (χ0n) is 14.7. The van der Waals surface area contributed by atoms with E-state index >= 15 is 0 Å². The molecule has 0 fully saturated rings. The highest BCUT2D eigenvalue weighted by atomic mass is 19.4. The first-order chi connectivity index (χ1) is 14.1. The minimum Gasteiger partial charge on any atom is -0.338 e. The second-order valence-electron chi connectivity index (χ2n) is 6.08. The van der Waals surface area contributed by atoms with Gasteiger partial charge in [-0.2, -0.15) is 26.3 Å². The summed E-state index contributed by atoms with van der Waals surface area (Å²) >= 11 is 0. The van der Waals surface area contributed by atoms with Crippen LogP contribution >= 0.6 is 0 Å². The number of hydrogen-bond acceptors (Lipinski definition) is 5. The summed E-state index contributed by atoms with van der Waals surface area (Å²) in [7, 11) is 0. The van der Waals surface area contributed by atoms with Gasteiger partial charge in [0.25, 0.3) is 0 Å². The minimum absolute atomic E-state index is 0.0214. The number of nitrogens with zero attached hydrogens (tertiary/aromatic N) is 5. The molecule has 1 N–H and O–H groups in total. The van der Waals surface area contributed by atoms with Gasteiger partial charge >= 0.3 is 12.4 Å². The third-order valence-electron chi connectivity index (χ3n) is 4.00. The Morgan fingerprint density at radius 3 is 2.30 bits per heavy atom. The Hall–Kier alpha value is -3.70. The predicted octanol–water partition coefficient (Wildman–Crippen LogP) is 4.97. The molecule has 0 aliphatic heterocycles. The summed E-state index contributed by atoms with van der Waals surface area (Å²) in [6.07, 6.45) is -4.61. The molecule has 0 atom stereocenters. The summed E-state index contributed by atoms with van der Waals surface area (Å²) in [5, 5.41) is 2.68. The monoisotopic (exact) mass is 424 g/mol. The molecule has 30 heavy (non-hydrogen) atoms. The smallest absolute Gasteiger partial charge is 0.338 e. The van der Waals surface area contributed by atoms with Gasteiger partial charge in [0, 0.05) is 6.20 Å². The second kappa shape index (κ2) is 6.97.